The lowest BCUT2D eigenvalue weighted by atomic mass is 10.1. The molecule has 2 unspecified atom stereocenters. The van der Waals surface area contributed by atoms with E-state index >= 15 is 0 Å². The Morgan fingerprint density at radius 2 is 2.27 bits per heavy atom. The molecule has 1 fully saturated rings. The minimum Gasteiger partial charge on any atom is -0.494 e. The van der Waals surface area contributed by atoms with Gasteiger partial charge in [-0.15, -0.1) is 0 Å². The fourth-order valence-electron chi connectivity index (χ4n) is 3.19. The van der Waals surface area contributed by atoms with Gasteiger partial charge in [-0.2, -0.15) is 9.98 Å². The number of nitrogens with two attached hydrogens (primary N) is 2. The molecule has 5 N–H and O–H groups in total. The number of guanidine groups is 1. The molecule has 1 saturated carbocycles. The minimum absolute atomic E-state index is 0.0475. The quantitative estimate of drug-likeness (QED) is 0.570. The molecule has 0 bridgehead atoms. The first-order chi connectivity index (χ1) is 12.6. The largest absolute Gasteiger partial charge is 0.494 e. The van der Waals surface area contributed by atoms with Crippen LogP contribution < -0.4 is 15.8 Å². The van der Waals surface area contributed by atoms with Crippen molar-refractivity contribution in [2.24, 2.45) is 21.6 Å². The number of halogens is 1. The topological polar surface area (TPSA) is 113 Å². The van der Waals surface area contributed by atoms with E-state index in [1.54, 1.807) is 24.7 Å². The second-order valence-electron chi connectivity index (χ2n) is 6.30. The van der Waals surface area contributed by atoms with Gasteiger partial charge in [-0.05, 0) is 36.1 Å². The van der Waals surface area contributed by atoms with Gasteiger partial charge >= 0.3 is 5.96 Å². The molecule has 1 aromatic heterocycles. The standard InChI is InChI=1S/C18H17FN6O/c1-26-14-4-2-3-11-15(14)23-18(21)25-17(11)24-16(20)13-6-12(13)9-5-10(19)8-22-7-9/h2-5,7-8,12-13H,6H2,1H3,(H4,20,21,23,24,25)/p+1. The predicted molar refractivity (Wildman–Crippen MR) is 95.5 cm³/mol. The number of methoxy groups -OCH3 is 1. The third-order valence-corrected chi connectivity index (χ3v) is 4.56. The lowest BCUT2D eigenvalue weighted by Crippen LogP contribution is -2.95. The van der Waals surface area contributed by atoms with Crippen LogP contribution in [-0.2, 0) is 0 Å². The summed E-state index contributed by atoms with van der Waals surface area (Å²) in [5.41, 5.74) is 8.09. The minimum atomic E-state index is -0.364. The zero-order valence-electron chi connectivity index (χ0n) is 14.1. The summed E-state index contributed by atoms with van der Waals surface area (Å²) < 4.78 is 18.7. The number of rotatable bonds is 3. The summed E-state index contributed by atoms with van der Waals surface area (Å²) in [7, 11) is 1.57. The van der Waals surface area contributed by atoms with Crippen LogP contribution in [0.1, 0.15) is 23.5 Å². The summed E-state index contributed by atoms with van der Waals surface area (Å²) in [6.45, 7) is 0. The van der Waals surface area contributed by atoms with E-state index in [0.717, 1.165) is 17.5 Å². The number of ether oxygens (including phenoxy) is 1. The van der Waals surface area contributed by atoms with Crippen molar-refractivity contribution in [3.63, 3.8) is 0 Å². The summed E-state index contributed by atoms with van der Waals surface area (Å²) in [4.78, 5) is 12.7. The molecule has 26 heavy (non-hydrogen) atoms. The number of fused-ring (bicyclic) bond motifs is 1. The first-order valence-electron chi connectivity index (χ1n) is 8.20. The van der Waals surface area contributed by atoms with Gasteiger partial charge in [0.05, 0.1) is 18.9 Å². The van der Waals surface area contributed by atoms with Crippen LogP contribution in [0.25, 0.3) is 0 Å². The van der Waals surface area contributed by atoms with Crippen LogP contribution in [0.4, 0.5) is 10.1 Å². The van der Waals surface area contributed by atoms with E-state index in [0.29, 0.717) is 23.2 Å². The highest BCUT2D eigenvalue weighted by Gasteiger charge is 2.43. The lowest BCUT2D eigenvalue weighted by molar-refractivity contribution is -0.409. The van der Waals surface area contributed by atoms with Crippen molar-refractivity contribution in [1.82, 2.24) is 4.98 Å². The third-order valence-electron chi connectivity index (χ3n) is 4.56. The Morgan fingerprint density at radius 3 is 3.04 bits per heavy atom. The Morgan fingerprint density at radius 1 is 1.42 bits per heavy atom. The highest BCUT2D eigenvalue weighted by Crippen LogP contribution is 2.48. The molecule has 0 spiro atoms. The maximum atomic E-state index is 13.3. The summed E-state index contributed by atoms with van der Waals surface area (Å²) in [5, 5.41) is 10.00. The van der Waals surface area contributed by atoms with Crippen molar-refractivity contribution in [2.45, 2.75) is 12.3 Å². The molecule has 8 heteroatoms. The van der Waals surface area contributed by atoms with Crippen LogP contribution in [0.15, 0.2) is 46.6 Å². The molecule has 4 rings (SSSR count). The Balaban J connectivity index is 1.60. The first-order valence-corrected chi connectivity index (χ1v) is 8.20. The molecule has 2 heterocycles. The van der Waals surface area contributed by atoms with E-state index in [2.05, 4.69) is 15.0 Å². The number of amidine groups is 2. The Hall–Kier alpha value is -3.13. The molecular formula is C18H18FN6O+. The zero-order chi connectivity index (χ0) is 18.3. The van der Waals surface area contributed by atoms with E-state index < -0.39 is 0 Å². The van der Waals surface area contributed by atoms with Crippen LogP contribution in [-0.4, -0.2) is 29.7 Å². The number of quaternary nitrogens is 1. The lowest BCUT2D eigenvalue weighted by Gasteiger charge is -2.14. The third kappa shape index (κ3) is 2.95. The smallest absolute Gasteiger partial charge is 0.303 e. The van der Waals surface area contributed by atoms with Gasteiger partial charge in [0.25, 0.3) is 0 Å². The number of pyridine rings is 1. The second kappa shape index (κ2) is 6.30. The normalized spacial score (nSPS) is 22.5. The summed E-state index contributed by atoms with van der Waals surface area (Å²) in [6, 6.07) is 6.99. The number of nitrogens with one attached hydrogen (secondary N) is 1. The molecule has 1 aliphatic carbocycles. The zero-order valence-corrected chi connectivity index (χ0v) is 14.1. The van der Waals surface area contributed by atoms with Gasteiger partial charge in [0, 0.05) is 12.1 Å². The van der Waals surface area contributed by atoms with Crippen LogP contribution >= 0.6 is 0 Å². The molecule has 0 saturated heterocycles. The Bertz CT molecular complexity index is 954. The van der Waals surface area contributed by atoms with Crippen molar-refractivity contribution in [2.75, 3.05) is 7.11 Å². The number of para-hydroxylation sites is 1. The van der Waals surface area contributed by atoms with Gasteiger partial charge in [-0.1, -0.05) is 6.07 Å². The highest BCUT2D eigenvalue weighted by molar-refractivity contribution is 6.09. The van der Waals surface area contributed by atoms with E-state index in [-0.39, 0.29) is 23.5 Å². The number of nitrogens with zero attached hydrogens (tertiary/aromatic N) is 3. The van der Waals surface area contributed by atoms with Crippen molar-refractivity contribution in [1.29, 1.82) is 5.41 Å². The van der Waals surface area contributed by atoms with Gasteiger partial charge in [0.1, 0.15) is 23.1 Å². The van der Waals surface area contributed by atoms with Gasteiger partial charge in [0.15, 0.2) is 0 Å². The van der Waals surface area contributed by atoms with Gasteiger partial charge < -0.3 is 10.5 Å². The van der Waals surface area contributed by atoms with Crippen LogP contribution in [0, 0.1) is 17.1 Å². The average molecular weight is 353 g/mol. The van der Waals surface area contributed by atoms with Crippen molar-refractivity contribution in [3.8, 4) is 5.75 Å². The molecule has 132 valence electrons. The first kappa shape index (κ1) is 16.3. The van der Waals surface area contributed by atoms with Crippen molar-refractivity contribution in [3.05, 3.63) is 53.6 Å². The SMILES string of the molecule is COc1cccc2c1N=C(N)[NH2+]C2=NC(=N)C1CC1c1cncc(F)c1. The van der Waals surface area contributed by atoms with Crippen molar-refractivity contribution < 1.29 is 14.4 Å². The maximum absolute atomic E-state index is 13.3. The summed E-state index contributed by atoms with van der Waals surface area (Å²) in [5.74, 6) is 1.41. The number of hydrogen-bond donors (Lipinski definition) is 3. The van der Waals surface area contributed by atoms with Gasteiger partial charge in [-0.3, -0.25) is 10.4 Å². The molecule has 0 amide bonds. The maximum Gasteiger partial charge on any atom is 0.303 e. The molecule has 2 atom stereocenters. The Labute approximate surface area is 149 Å². The number of benzene rings is 1. The second-order valence-corrected chi connectivity index (χ2v) is 6.30. The van der Waals surface area contributed by atoms with Crippen LogP contribution in [0.5, 0.6) is 5.75 Å². The summed E-state index contributed by atoms with van der Waals surface area (Å²) >= 11 is 0. The fourth-order valence-corrected chi connectivity index (χ4v) is 3.19. The average Bonchev–Trinajstić information content (AvgIpc) is 3.42. The number of aromatic nitrogens is 1. The van der Waals surface area contributed by atoms with Crippen molar-refractivity contribution >= 4 is 23.3 Å². The van der Waals surface area contributed by atoms with Gasteiger partial charge in [-0.25, -0.2) is 9.71 Å². The van der Waals surface area contributed by atoms with E-state index in [1.807, 2.05) is 12.1 Å². The molecular weight excluding hydrogens is 335 g/mol. The van der Waals surface area contributed by atoms with Gasteiger partial charge in [0.2, 0.25) is 5.84 Å². The molecule has 1 aromatic carbocycles. The predicted octanol–water partition coefficient (Wildman–Crippen LogP) is 1.28. The van der Waals surface area contributed by atoms with E-state index in [9.17, 15) is 4.39 Å². The van der Waals surface area contributed by atoms with Crippen LogP contribution in [0.3, 0.4) is 0 Å². The summed E-state index contributed by atoms with van der Waals surface area (Å²) in [6.07, 6.45) is 3.58. The van der Waals surface area contributed by atoms with Crippen LogP contribution in [0.2, 0.25) is 0 Å². The van der Waals surface area contributed by atoms with E-state index in [1.165, 1.54) is 12.3 Å². The molecule has 2 aliphatic rings. The molecule has 7 nitrogen and oxygen atoms in total. The molecule has 0 radical (unpaired) electrons. The monoisotopic (exact) mass is 353 g/mol. The fraction of sp³-hybridized carbons (Fsp3) is 0.222. The molecule has 1 aliphatic heterocycles. The number of aliphatic imine (C=N–C) groups is 2. The number of hydrogen-bond acceptors (Lipinski definition) is 5. The van der Waals surface area contributed by atoms with E-state index in [4.69, 9.17) is 15.9 Å². The highest BCUT2D eigenvalue weighted by atomic mass is 19.1. The Kier molecular flexibility index (Phi) is 3.96. The molecule has 2 aromatic rings.